The Morgan fingerprint density at radius 1 is 1.25 bits per heavy atom. The van der Waals surface area contributed by atoms with Crippen LogP contribution < -0.4 is 0 Å². The molecule has 0 spiro atoms. The quantitative estimate of drug-likeness (QED) is 0.439. The lowest BCUT2D eigenvalue weighted by Gasteiger charge is -2.22. The first-order valence-electron chi connectivity index (χ1n) is 4.72. The second-order valence-corrected chi connectivity index (χ2v) is 4.02. The minimum Gasteiger partial charge on any atom is -0.299 e. The summed E-state index contributed by atoms with van der Waals surface area (Å²) in [5, 5.41) is 0. The lowest BCUT2D eigenvalue weighted by atomic mass is 9.83. The molecule has 0 aromatic carbocycles. The third kappa shape index (κ3) is 6.14. The van der Waals surface area contributed by atoms with Crippen molar-refractivity contribution in [3.63, 3.8) is 0 Å². The predicted molar refractivity (Wildman–Crippen MR) is 53.1 cm³/mol. The number of aldehydes is 1. The molecular weight excluding hydrogens is 148 g/mol. The van der Waals surface area contributed by atoms with Gasteiger partial charge in [-0.15, -0.1) is 0 Å². The maximum Gasteiger partial charge on any atom is 0.142 e. The molecule has 0 rings (SSSR count). The van der Waals surface area contributed by atoms with E-state index in [0.29, 0.717) is 5.41 Å². The third-order valence-corrected chi connectivity index (χ3v) is 2.13. The predicted octanol–water partition coefficient (Wildman–Crippen LogP) is 3.35. The van der Waals surface area contributed by atoms with Gasteiger partial charge in [0.15, 0.2) is 0 Å². The summed E-state index contributed by atoms with van der Waals surface area (Å²) in [4.78, 5) is 9.97. The number of hydrogen-bond acceptors (Lipinski definition) is 1. The van der Waals surface area contributed by atoms with Crippen LogP contribution in [0.25, 0.3) is 0 Å². The minimum atomic E-state index is 0.433. The van der Waals surface area contributed by atoms with Crippen LogP contribution in [-0.2, 0) is 4.79 Å². The Balaban J connectivity index is 3.59. The lowest BCUT2D eigenvalue weighted by molar-refractivity contribution is -0.104. The van der Waals surface area contributed by atoms with Crippen LogP contribution in [0.15, 0.2) is 12.2 Å². The summed E-state index contributed by atoms with van der Waals surface area (Å²) in [6.07, 6.45) is 9.07. The van der Waals surface area contributed by atoms with Crippen molar-refractivity contribution in [2.24, 2.45) is 5.41 Å². The zero-order valence-electron chi connectivity index (χ0n) is 8.47. The molecule has 0 N–H and O–H groups in total. The molecule has 0 aliphatic heterocycles. The van der Waals surface area contributed by atoms with E-state index in [2.05, 4.69) is 20.8 Å². The Labute approximate surface area is 75.9 Å². The highest BCUT2D eigenvalue weighted by atomic mass is 16.1. The highest BCUT2D eigenvalue weighted by molar-refractivity contribution is 5.64. The standard InChI is InChI=1S/C11H20O/c1-4-8-11(2,3)9-6-5-7-10-12/h5,7,10H,4,6,8-9H2,1-3H3. The smallest absolute Gasteiger partial charge is 0.142 e. The van der Waals surface area contributed by atoms with Gasteiger partial charge in [0, 0.05) is 0 Å². The van der Waals surface area contributed by atoms with Gasteiger partial charge in [0.2, 0.25) is 0 Å². The summed E-state index contributed by atoms with van der Waals surface area (Å²) >= 11 is 0. The van der Waals surface area contributed by atoms with Crippen LogP contribution in [0.3, 0.4) is 0 Å². The zero-order chi connectivity index (χ0) is 9.45. The van der Waals surface area contributed by atoms with Crippen molar-refractivity contribution in [1.82, 2.24) is 0 Å². The fourth-order valence-electron chi connectivity index (χ4n) is 1.43. The van der Waals surface area contributed by atoms with Crippen molar-refractivity contribution in [3.05, 3.63) is 12.2 Å². The van der Waals surface area contributed by atoms with E-state index in [1.165, 1.54) is 19.3 Å². The van der Waals surface area contributed by atoms with Gasteiger partial charge in [-0.05, 0) is 30.8 Å². The molecule has 0 aliphatic rings. The van der Waals surface area contributed by atoms with Gasteiger partial charge >= 0.3 is 0 Å². The number of hydrogen-bond donors (Lipinski definition) is 0. The first kappa shape index (κ1) is 11.4. The number of carbonyl (C=O) groups is 1. The van der Waals surface area contributed by atoms with Crippen LogP contribution in [0, 0.1) is 5.41 Å². The largest absolute Gasteiger partial charge is 0.299 e. The summed E-state index contributed by atoms with van der Waals surface area (Å²) in [7, 11) is 0. The lowest BCUT2D eigenvalue weighted by Crippen LogP contribution is -2.09. The van der Waals surface area contributed by atoms with Crippen LogP contribution in [0.1, 0.15) is 46.5 Å². The minimum absolute atomic E-state index is 0.433. The highest BCUT2D eigenvalue weighted by Crippen LogP contribution is 2.27. The van der Waals surface area contributed by atoms with Gasteiger partial charge in [0.05, 0.1) is 0 Å². The van der Waals surface area contributed by atoms with Gasteiger partial charge < -0.3 is 0 Å². The van der Waals surface area contributed by atoms with E-state index in [1.54, 1.807) is 6.08 Å². The van der Waals surface area contributed by atoms with Crippen molar-refractivity contribution in [2.75, 3.05) is 0 Å². The van der Waals surface area contributed by atoms with Crippen LogP contribution in [-0.4, -0.2) is 6.29 Å². The number of rotatable bonds is 6. The van der Waals surface area contributed by atoms with Gasteiger partial charge in [-0.2, -0.15) is 0 Å². The second kappa shape index (κ2) is 5.99. The van der Waals surface area contributed by atoms with Crippen molar-refractivity contribution >= 4 is 6.29 Å². The van der Waals surface area contributed by atoms with Crippen LogP contribution in [0.4, 0.5) is 0 Å². The molecule has 70 valence electrons. The normalized spacial score (nSPS) is 12.2. The summed E-state index contributed by atoms with van der Waals surface area (Å²) in [5.74, 6) is 0. The summed E-state index contributed by atoms with van der Waals surface area (Å²) in [6, 6.07) is 0. The fraction of sp³-hybridized carbons (Fsp3) is 0.727. The number of allylic oxidation sites excluding steroid dienone is 2. The van der Waals surface area contributed by atoms with E-state index in [-0.39, 0.29) is 0 Å². The van der Waals surface area contributed by atoms with Gasteiger partial charge in [-0.3, -0.25) is 4.79 Å². The SMILES string of the molecule is CCCC(C)(C)CCC=CC=O. The van der Waals surface area contributed by atoms with Crippen molar-refractivity contribution in [3.8, 4) is 0 Å². The average molecular weight is 168 g/mol. The first-order chi connectivity index (χ1) is 5.62. The van der Waals surface area contributed by atoms with E-state index in [9.17, 15) is 4.79 Å². The van der Waals surface area contributed by atoms with Crippen molar-refractivity contribution in [1.29, 1.82) is 0 Å². The molecule has 0 aromatic heterocycles. The Bertz CT molecular complexity index is 145. The average Bonchev–Trinajstić information content (AvgIpc) is 1.98. The molecule has 0 amide bonds. The molecule has 0 heterocycles. The topological polar surface area (TPSA) is 17.1 Å². The molecule has 12 heavy (non-hydrogen) atoms. The van der Waals surface area contributed by atoms with E-state index >= 15 is 0 Å². The van der Waals surface area contributed by atoms with E-state index in [0.717, 1.165) is 12.7 Å². The Kier molecular flexibility index (Phi) is 5.69. The molecule has 0 aromatic rings. The fourth-order valence-corrected chi connectivity index (χ4v) is 1.43. The van der Waals surface area contributed by atoms with Crippen molar-refractivity contribution in [2.45, 2.75) is 46.5 Å². The molecule has 1 heteroatoms. The maximum absolute atomic E-state index is 9.97. The first-order valence-corrected chi connectivity index (χ1v) is 4.72. The van der Waals surface area contributed by atoms with E-state index in [1.807, 2.05) is 6.08 Å². The highest BCUT2D eigenvalue weighted by Gasteiger charge is 2.14. The van der Waals surface area contributed by atoms with Gasteiger partial charge in [0.1, 0.15) is 6.29 Å². The molecule has 0 bridgehead atoms. The van der Waals surface area contributed by atoms with Crippen LogP contribution in [0.2, 0.25) is 0 Å². The Hall–Kier alpha value is -0.590. The van der Waals surface area contributed by atoms with Gasteiger partial charge in [-0.1, -0.05) is 33.3 Å². The molecular formula is C11H20O. The van der Waals surface area contributed by atoms with E-state index in [4.69, 9.17) is 0 Å². The summed E-state index contributed by atoms with van der Waals surface area (Å²) in [5.41, 5.74) is 0.433. The molecule has 0 aliphatic carbocycles. The zero-order valence-corrected chi connectivity index (χ0v) is 8.47. The maximum atomic E-state index is 9.97. The van der Waals surface area contributed by atoms with Crippen LogP contribution >= 0.6 is 0 Å². The Morgan fingerprint density at radius 2 is 1.92 bits per heavy atom. The van der Waals surface area contributed by atoms with Gasteiger partial charge in [-0.25, -0.2) is 0 Å². The monoisotopic (exact) mass is 168 g/mol. The third-order valence-electron chi connectivity index (χ3n) is 2.13. The molecule has 0 fully saturated rings. The summed E-state index contributed by atoms with van der Waals surface area (Å²) < 4.78 is 0. The summed E-state index contributed by atoms with van der Waals surface area (Å²) in [6.45, 7) is 6.78. The molecule has 0 atom stereocenters. The van der Waals surface area contributed by atoms with E-state index < -0.39 is 0 Å². The Morgan fingerprint density at radius 3 is 2.42 bits per heavy atom. The molecule has 0 saturated heterocycles. The van der Waals surface area contributed by atoms with Crippen molar-refractivity contribution < 1.29 is 4.79 Å². The molecule has 0 radical (unpaired) electrons. The molecule has 1 nitrogen and oxygen atoms in total. The molecule has 0 saturated carbocycles. The van der Waals surface area contributed by atoms with Gasteiger partial charge in [0.25, 0.3) is 0 Å². The number of carbonyl (C=O) groups excluding carboxylic acids is 1. The second-order valence-electron chi connectivity index (χ2n) is 4.02. The van der Waals surface area contributed by atoms with Crippen LogP contribution in [0.5, 0.6) is 0 Å². The molecule has 0 unspecified atom stereocenters.